The van der Waals surface area contributed by atoms with Gasteiger partial charge in [0.1, 0.15) is 5.37 Å². The Balaban J connectivity index is 1.70. The highest BCUT2D eigenvalue weighted by atomic mass is 32.2. The summed E-state index contributed by atoms with van der Waals surface area (Å²) < 4.78 is 0. The van der Waals surface area contributed by atoms with Crippen LogP contribution in [0.1, 0.15) is 10.6 Å². The number of rotatable bonds is 3. The van der Waals surface area contributed by atoms with Crippen LogP contribution in [0.2, 0.25) is 0 Å². The van der Waals surface area contributed by atoms with Gasteiger partial charge < -0.3 is 0 Å². The van der Waals surface area contributed by atoms with Crippen LogP contribution in [-0.4, -0.2) is 33.2 Å². The summed E-state index contributed by atoms with van der Waals surface area (Å²) in [5, 5.41) is 1.89. The van der Waals surface area contributed by atoms with Crippen LogP contribution in [0.15, 0.2) is 53.2 Å². The maximum absolute atomic E-state index is 12.5. The first-order chi connectivity index (χ1) is 11.3. The first-order valence-corrected chi connectivity index (χ1v) is 9.02. The molecule has 0 spiro atoms. The molecule has 114 valence electrons. The van der Waals surface area contributed by atoms with Crippen LogP contribution in [0, 0.1) is 0 Å². The van der Waals surface area contributed by atoms with Crippen LogP contribution in [0.5, 0.6) is 0 Å². The van der Waals surface area contributed by atoms with E-state index in [-0.39, 0.29) is 11.3 Å². The fourth-order valence-corrected chi connectivity index (χ4v) is 4.94. The van der Waals surface area contributed by atoms with Crippen molar-refractivity contribution in [3.05, 3.63) is 63.7 Å². The van der Waals surface area contributed by atoms with Gasteiger partial charge in [-0.25, -0.2) is 0 Å². The summed E-state index contributed by atoms with van der Waals surface area (Å²) in [6.45, 7) is 0. The second-order valence-electron chi connectivity index (χ2n) is 5.15. The van der Waals surface area contributed by atoms with E-state index < -0.39 is 0 Å². The molecule has 1 fully saturated rings. The summed E-state index contributed by atoms with van der Waals surface area (Å²) in [6.07, 6.45) is 4.32. The van der Waals surface area contributed by atoms with E-state index in [9.17, 15) is 9.59 Å². The van der Waals surface area contributed by atoms with Gasteiger partial charge in [0.15, 0.2) is 6.29 Å². The molecule has 1 atom stereocenters. The topological polar surface area (TPSA) is 50.3 Å². The molecule has 1 amide bonds. The smallest absolute Gasteiger partial charge is 0.258 e. The molecule has 0 radical (unpaired) electrons. The number of aldehydes is 1. The van der Waals surface area contributed by atoms with Crippen LogP contribution < -0.4 is 0 Å². The Bertz CT molecular complexity index is 826. The van der Waals surface area contributed by atoms with Gasteiger partial charge in [0.25, 0.3) is 5.91 Å². The largest absolute Gasteiger partial charge is 0.296 e. The Labute approximate surface area is 141 Å². The fraction of sp³-hybridized carbons (Fsp3) is 0.118. The van der Waals surface area contributed by atoms with Crippen LogP contribution in [0.25, 0.3) is 11.6 Å². The number of fused-ring (bicyclic) bond motifs is 1. The molecule has 1 saturated heterocycles. The summed E-state index contributed by atoms with van der Waals surface area (Å²) in [6, 6.07) is 9.53. The van der Waals surface area contributed by atoms with Crippen molar-refractivity contribution in [3.63, 3.8) is 0 Å². The van der Waals surface area contributed by atoms with E-state index >= 15 is 0 Å². The maximum atomic E-state index is 12.5. The van der Waals surface area contributed by atoms with Gasteiger partial charge in [0, 0.05) is 22.4 Å². The van der Waals surface area contributed by atoms with Gasteiger partial charge in [0.2, 0.25) is 0 Å². The lowest BCUT2D eigenvalue weighted by Crippen LogP contribution is -2.54. The van der Waals surface area contributed by atoms with E-state index in [1.54, 1.807) is 34.2 Å². The van der Waals surface area contributed by atoms with Crippen molar-refractivity contribution >= 4 is 46.9 Å². The summed E-state index contributed by atoms with van der Waals surface area (Å²) in [7, 11) is 0. The molecule has 23 heavy (non-hydrogen) atoms. The number of nitrogens with zero attached hydrogens (tertiary/aromatic N) is 2. The van der Waals surface area contributed by atoms with Gasteiger partial charge in [-0.2, -0.15) is 0 Å². The number of carbonyl (C=O) groups excluding carboxylic acids is 2. The third-order valence-corrected chi connectivity index (χ3v) is 6.01. The van der Waals surface area contributed by atoms with Crippen molar-refractivity contribution in [2.45, 2.75) is 5.37 Å². The third kappa shape index (κ3) is 2.34. The molecule has 4 heterocycles. The van der Waals surface area contributed by atoms with Gasteiger partial charge in [-0.15, -0.1) is 23.1 Å². The van der Waals surface area contributed by atoms with E-state index in [4.69, 9.17) is 0 Å². The van der Waals surface area contributed by atoms with Crippen LogP contribution in [-0.2, 0) is 9.59 Å². The number of β-lactam (4-membered cyclic amide) rings is 1. The minimum Gasteiger partial charge on any atom is -0.296 e. The van der Waals surface area contributed by atoms with Gasteiger partial charge in [0.05, 0.1) is 17.0 Å². The average Bonchev–Trinajstić information content (AvgIpc) is 3.13. The van der Waals surface area contributed by atoms with Gasteiger partial charge in [-0.1, -0.05) is 12.1 Å². The fourth-order valence-electron chi connectivity index (χ4n) is 2.74. The molecule has 0 aliphatic carbocycles. The predicted octanol–water partition coefficient (Wildman–Crippen LogP) is 3.05. The minimum absolute atomic E-state index is 0.0894. The zero-order valence-electron chi connectivity index (χ0n) is 12.0. The highest BCUT2D eigenvalue weighted by molar-refractivity contribution is 8.00. The Hall–Kier alpha value is -2.18. The number of carbonyl (C=O) groups is 2. The van der Waals surface area contributed by atoms with Crippen molar-refractivity contribution < 1.29 is 9.59 Å². The molecule has 2 aromatic rings. The number of allylic oxidation sites excluding steroid dienone is 1. The lowest BCUT2D eigenvalue weighted by molar-refractivity contribution is -0.132. The summed E-state index contributed by atoms with van der Waals surface area (Å²) in [5.41, 5.74) is 2.91. The Morgan fingerprint density at radius 3 is 2.87 bits per heavy atom. The molecule has 2 aliphatic rings. The number of pyridine rings is 1. The predicted molar refractivity (Wildman–Crippen MR) is 92.6 cm³/mol. The van der Waals surface area contributed by atoms with Crippen molar-refractivity contribution in [2.24, 2.45) is 0 Å². The highest BCUT2D eigenvalue weighted by Crippen LogP contribution is 2.46. The number of aromatic nitrogens is 1. The minimum atomic E-state index is -0.107. The SMILES string of the molecule is O=CC1=C(c2cccs2)CSC2/C(=C\c3ccccn3)C(=O)N12. The number of thiophene rings is 1. The number of thioether (sulfide) groups is 1. The average molecular weight is 340 g/mol. The molecule has 0 bridgehead atoms. The first-order valence-electron chi connectivity index (χ1n) is 7.09. The Morgan fingerprint density at radius 2 is 2.17 bits per heavy atom. The maximum Gasteiger partial charge on any atom is 0.258 e. The molecule has 0 saturated carbocycles. The quantitative estimate of drug-likeness (QED) is 0.489. The van der Waals surface area contributed by atoms with Crippen LogP contribution in [0.4, 0.5) is 0 Å². The monoisotopic (exact) mass is 340 g/mol. The molecule has 1 unspecified atom stereocenters. The van der Waals surface area contributed by atoms with E-state index in [0.717, 1.165) is 28.2 Å². The van der Waals surface area contributed by atoms with Crippen molar-refractivity contribution in [1.29, 1.82) is 0 Å². The normalized spacial score (nSPS) is 22.1. The molecule has 0 N–H and O–H groups in total. The lowest BCUT2D eigenvalue weighted by Gasteiger charge is -2.45. The van der Waals surface area contributed by atoms with E-state index in [1.807, 2.05) is 41.8 Å². The van der Waals surface area contributed by atoms with Crippen molar-refractivity contribution in [3.8, 4) is 0 Å². The van der Waals surface area contributed by atoms with Crippen LogP contribution in [0.3, 0.4) is 0 Å². The van der Waals surface area contributed by atoms with Crippen LogP contribution >= 0.6 is 23.1 Å². The second kappa shape index (κ2) is 5.79. The molecular formula is C17H12N2O2S2. The number of amides is 1. The van der Waals surface area contributed by atoms with E-state index in [0.29, 0.717) is 11.3 Å². The first kappa shape index (κ1) is 14.4. The van der Waals surface area contributed by atoms with Crippen molar-refractivity contribution in [2.75, 3.05) is 5.75 Å². The molecule has 6 heteroatoms. The summed E-state index contributed by atoms with van der Waals surface area (Å²) in [5.74, 6) is 0.617. The van der Waals surface area contributed by atoms with Crippen molar-refractivity contribution in [1.82, 2.24) is 9.88 Å². The second-order valence-corrected chi connectivity index (χ2v) is 7.17. The lowest BCUT2D eigenvalue weighted by atomic mass is 10.0. The molecule has 2 aromatic heterocycles. The van der Waals surface area contributed by atoms with E-state index in [1.165, 1.54) is 0 Å². The molecular weight excluding hydrogens is 328 g/mol. The molecule has 4 rings (SSSR count). The number of hydrogen-bond donors (Lipinski definition) is 0. The van der Waals surface area contributed by atoms with Gasteiger partial charge in [-0.3, -0.25) is 19.5 Å². The van der Waals surface area contributed by atoms with Gasteiger partial charge >= 0.3 is 0 Å². The van der Waals surface area contributed by atoms with Gasteiger partial charge in [-0.05, 0) is 29.7 Å². The standard InChI is InChI=1S/C17H12N2O2S2/c20-9-14-13(15-5-3-7-22-15)10-23-17-12(16(21)19(14)17)8-11-4-1-2-6-18-11/h1-9,17H,10H2/b12-8-. The number of hydrogen-bond acceptors (Lipinski definition) is 5. The molecule has 4 nitrogen and oxygen atoms in total. The third-order valence-electron chi connectivity index (χ3n) is 3.84. The Kier molecular flexibility index (Phi) is 3.63. The highest BCUT2D eigenvalue weighted by Gasteiger charge is 2.47. The molecule has 0 aromatic carbocycles. The zero-order chi connectivity index (χ0) is 15.8. The van der Waals surface area contributed by atoms with E-state index in [2.05, 4.69) is 4.98 Å². The Morgan fingerprint density at radius 1 is 1.26 bits per heavy atom. The zero-order valence-corrected chi connectivity index (χ0v) is 13.6. The summed E-state index contributed by atoms with van der Waals surface area (Å²) >= 11 is 3.26. The molecule has 2 aliphatic heterocycles. The summed E-state index contributed by atoms with van der Waals surface area (Å²) in [4.78, 5) is 31.0.